The zero-order valence-electron chi connectivity index (χ0n) is 16.9. The topological polar surface area (TPSA) is 74.1 Å². The lowest BCUT2D eigenvalue weighted by molar-refractivity contribution is 0.102. The predicted molar refractivity (Wildman–Crippen MR) is 115 cm³/mol. The fourth-order valence-corrected chi connectivity index (χ4v) is 3.25. The Morgan fingerprint density at radius 1 is 0.867 bits per heavy atom. The van der Waals surface area contributed by atoms with Crippen molar-refractivity contribution < 1.29 is 19.0 Å². The molecule has 0 aliphatic heterocycles. The molecule has 0 unspecified atom stereocenters. The van der Waals surface area contributed by atoms with E-state index < -0.39 is 0 Å². The Morgan fingerprint density at radius 3 is 2.20 bits per heavy atom. The summed E-state index contributed by atoms with van der Waals surface area (Å²) in [4.78, 5) is 17.1. The fourth-order valence-electron chi connectivity index (χ4n) is 3.25. The maximum Gasteiger partial charge on any atom is 0.275 e. The van der Waals surface area contributed by atoms with Crippen molar-refractivity contribution in [2.75, 3.05) is 26.6 Å². The number of hydrogen-bond acceptors (Lipinski definition) is 5. The zero-order chi connectivity index (χ0) is 21.1. The first-order chi connectivity index (χ1) is 14.6. The van der Waals surface area contributed by atoms with E-state index >= 15 is 0 Å². The number of methoxy groups -OCH3 is 3. The van der Waals surface area contributed by atoms with Crippen LogP contribution < -0.4 is 19.5 Å². The zero-order valence-corrected chi connectivity index (χ0v) is 16.9. The average Bonchev–Trinajstić information content (AvgIpc) is 3.22. The summed E-state index contributed by atoms with van der Waals surface area (Å²) in [6.45, 7) is 0. The number of benzene rings is 2. The predicted octanol–water partition coefficient (Wildman–Crippen LogP) is 4.28. The molecule has 152 valence electrons. The van der Waals surface area contributed by atoms with Crippen LogP contribution in [0.5, 0.6) is 17.2 Å². The van der Waals surface area contributed by atoms with E-state index in [-0.39, 0.29) is 5.91 Å². The maximum absolute atomic E-state index is 12.6. The van der Waals surface area contributed by atoms with Crippen LogP contribution in [0.3, 0.4) is 0 Å². The number of pyridine rings is 1. The summed E-state index contributed by atoms with van der Waals surface area (Å²) in [6, 6.07) is 16.5. The van der Waals surface area contributed by atoms with Crippen LogP contribution in [-0.2, 0) is 0 Å². The van der Waals surface area contributed by atoms with E-state index in [2.05, 4.69) is 10.3 Å². The van der Waals surface area contributed by atoms with Crippen molar-refractivity contribution in [3.05, 3.63) is 72.7 Å². The molecule has 0 atom stereocenters. The van der Waals surface area contributed by atoms with Crippen LogP contribution in [0.1, 0.15) is 10.5 Å². The van der Waals surface area contributed by atoms with Gasteiger partial charge in [0.05, 0.1) is 26.9 Å². The lowest BCUT2D eigenvalue weighted by Gasteiger charge is -2.13. The molecule has 2 heterocycles. The molecule has 0 fully saturated rings. The van der Waals surface area contributed by atoms with E-state index in [0.717, 1.165) is 16.9 Å². The molecule has 0 radical (unpaired) electrons. The van der Waals surface area contributed by atoms with E-state index in [1.54, 1.807) is 51.8 Å². The number of ether oxygens (including phenoxy) is 3. The van der Waals surface area contributed by atoms with Gasteiger partial charge in [0.2, 0.25) is 0 Å². The third kappa shape index (κ3) is 3.65. The van der Waals surface area contributed by atoms with E-state index in [4.69, 9.17) is 14.2 Å². The highest BCUT2D eigenvalue weighted by Crippen LogP contribution is 2.38. The molecular formula is C23H21N3O4. The van der Waals surface area contributed by atoms with Gasteiger partial charge in [-0.1, -0.05) is 6.07 Å². The maximum atomic E-state index is 12.6. The Labute approximate surface area is 173 Å². The molecule has 0 spiro atoms. The van der Waals surface area contributed by atoms with Crippen LogP contribution in [0.15, 0.2) is 67.0 Å². The van der Waals surface area contributed by atoms with E-state index in [9.17, 15) is 4.79 Å². The molecule has 30 heavy (non-hydrogen) atoms. The number of carbonyl (C=O) groups excluding carboxylic acids is 1. The van der Waals surface area contributed by atoms with Crippen LogP contribution in [-0.4, -0.2) is 36.6 Å². The highest BCUT2D eigenvalue weighted by molar-refractivity contribution is 6.03. The van der Waals surface area contributed by atoms with Crippen molar-refractivity contribution in [1.29, 1.82) is 0 Å². The SMILES string of the molecule is COc1ccc(NC(=O)c2cn3cc(-c4c(OC)cccc4OC)ccc3n2)cc1. The second-order valence-electron chi connectivity index (χ2n) is 6.53. The quantitative estimate of drug-likeness (QED) is 0.520. The number of imidazole rings is 1. The first kappa shape index (κ1) is 19.3. The van der Waals surface area contributed by atoms with Gasteiger partial charge in [0.1, 0.15) is 28.6 Å². The summed E-state index contributed by atoms with van der Waals surface area (Å²) in [6.07, 6.45) is 3.59. The number of amides is 1. The molecule has 4 aromatic rings. The summed E-state index contributed by atoms with van der Waals surface area (Å²) in [5.74, 6) is 1.83. The van der Waals surface area contributed by atoms with Crippen LogP contribution in [0.2, 0.25) is 0 Å². The van der Waals surface area contributed by atoms with Crippen molar-refractivity contribution in [3.63, 3.8) is 0 Å². The molecule has 0 bridgehead atoms. The van der Waals surface area contributed by atoms with E-state index in [1.165, 1.54) is 0 Å². The largest absolute Gasteiger partial charge is 0.497 e. The Balaban J connectivity index is 1.65. The van der Waals surface area contributed by atoms with Crippen molar-refractivity contribution in [2.45, 2.75) is 0 Å². The first-order valence-corrected chi connectivity index (χ1v) is 9.28. The number of fused-ring (bicyclic) bond motifs is 1. The molecule has 7 nitrogen and oxygen atoms in total. The van der Waals surface area contributed by atoms with Gasteiger partial charge < -0.3 is 23.9 Å². The van der Waals surface area contributed by atoms with Gasteiger partial charge in [-0.15, -0.1) is 0 Å². The van der Waals surface area contributed by atoms with E-state index in [1.807, 2.05) is 40.9 Å². The standard InChI is InChI=1S/C23H21N3O4/c1-28-17-10-8-16(9-11-17)24-23(27)18-14-26-13-15(7-12-21(26)25-18)22-19(29-2)5-4-6-20(22)30-3/h4-14H,1-3H3,(H,24,27). The van der Waals surface area contributed by atoms with Crippen LogP contribution in [0.4, 0.5) is 5.69 Å². The Kier molecular flexibility index (Phi) is 5.26. The second kappa shape index (κ2) is 8.16. The van der Waals surface area contributed by atoms with Gasteiger partial charge >= 0.3 is 0 Å². The Morgan fingerprint density at radius 2 is 1.57 bits per heavy atom. The minimum absolute atomic E-state index is 0.291. The molecule has 0 saturated carbocycles. The van der Waals surface area contributed by atoms with Crippen molar-refractivity contribution >= 4 is 17.2 Å². The van der Waals surface area contributed by atoms with Crippen molar-refractivity contribution in [2.24, 2.45) is 0 Å². The van der Waals surface area contributed by atoms with Gasteiger partial charge in [-0.25, -0.2) is 4.98 Å². The third-order valence-electron chi connectivity index (χ3n) is 4.75. The number of aromatic nitrogens is 2. The molecule has 0 saturated heterocycles. The van der Waals surface area contributed by atoms with Crippen molar-refractivity contribution in [3.8, 4) is 28.4 Å². The van der Waals surface area contributed by atoms with Gasteiger partial charge in [0.15, 0.2) is 0 Å². The highest BCUT2D eigenvalue weighted by Gasteiger charge is 2.15. The number of nitrogens with one attached hydrogen (secondary N) is 1. The third-order valence-corrected chi connectivity index (χ3v) is 4.75. The van der Waals surface area contributed by atoms with E-state index in [0.29, 0.717) is 28.5 Å². The second-order valence-corrected chi connectivity index (χ2v) is 6.53. The Hall–Kier alpha value is -4.00. The van der Waals surface area contributed by atoms with Gasteiger partial charge in [-0.2, -0.15) is 0 Å². The number of anilines is 1. The van der Waals surface area contributed by atoms with Crippen molar-refractivity contribution in [1.82, 2.24) is 9.38 Å². The number of carbonyl (C=O) groups is 1. The van der Waals surface area contributed by atoms with Crippen LogP contribution in [0.25, 0.3) is 16.8 Å². The molecule has 1 amide bonds. The summed E-state index contributed by atoms with van der Waals surface area (Å²) in [5.41, 5.74) is 3.36. The summed E-state index contributed by atoms with van der Waals surface area (Å²) in [7, 11) is 4.84. The van der Waals surface area contributed by atoms with Crippen LogP contribution >= 0.6 is 0 Å². The molecule has 0 aliphatic carbocycles. The van der Waals surface area contributed by atoms with Gasteiger partial charge in [-0.3, -0.25) is 4.79 Å². The number of rotatable bonds is 6. The monoisotopic (exact) mass is 403 g/mol. The normalized spacial score (nSPS) is 10.6. The molecule has 1 N–H and O–H groups in total. The number of nitrogens with zero attached hydrogens (tertiary/aromatic N) is 2. The highest BCUT2D eigenvalue weighted by atomic mass is 16.5. The summed E-state index contributed by atoms with van der Waals surface area (Å²) in [5, 5.41) is 2.84. The Bertz CT molecular complexity index is 1180. The molecule has 7 heteroatoms. The summed E-state index contributed by atoms with van der Waals surface area (Å²) >= 11 is 0. The molecule has 2 aromatic carbocycles. The molecular weight excluding hydrogens is 382 g/mol. The molecule has 2 aromatic heterocycles. The minimum Gasteiger partial charge on any atom is -0.497 e. The molecule has 4 rings (SSSR count). The van der Waals surface area contributed by atoms with Gasteiger partial charge in [0.25, 0.3) is 5.91 Å². The molecule has 0 aliphatic rings. The minimum atomic E-state index is -0.291. The lowest BCUT2D eigenvalue weighted by Crippen LogP contribution is -2.12. The smallest absolute Gasteiger partial charge is 0.275 e. The van der Waals surface area contributed by atoms with Gasteiger partial charge in [0, 0.05) is 23.6 Å². The number of hydrogen-bond donors (Lipinski definition) is 1. The fraction of sp³-hybridized carbons (Fsp3) is 0.130. The first-order valence-electron chi connectivity index (χ1n) is 9.28. The lowest BCUT2D eigenvalue weighted by atomic mass is 10.1. The van der Waals surface area contributed by atoms with Crippen LogP contribution in [0, 0.1) is 0 Å². The average molecular weight is 403 g/mol. The summed E-state index contributed by atoms with van der Waals surface area (Å²) < 4.78 is 17.9. The van der Waals surface area contributed by atoms with Gasteiger partial charge in [-0.05, 0) is 48.5 Å².